The molecule has 1 saturated carbocycles. The van der Waals surface area contributed by atoms with Crippen LogP contribution in [0, 0.1) is 11.8 Å². The fourth-order valence-electron chi connectivity index (χ4n) is 1.53. The number of hydrogen-bond acceptors (Lipinski definition) is 3. The summed E-state index contributed by atoms with van der Waals surface area (Å²) >= 11 is 0. The molecular weight excluding hydrogens is 204 g/mol. The van der Waals surface area contributed by atoms with Crippen molar-refractivity contribution in [1.82, 2.24) is 5.32 Å². The van der Waals surface area contributed by atoms with Crippen LogP contribution in [0.2, 0.25) is 0 Å². The van der Waals surface area contributed by atoms with Crippen LogP contribution in [0.4, 0.5) is 0 Å². The van der Waals surface area contributed by atoms with Gasteiger partial charge in [0.2, 0.25) is 5.91 Å². The van der Waals surface area contributed by atoms with Crippen LogP contribution < -0.4 is 11.1 Å². The minimum atomic E-state index is -0.386. The number of hydrogen-bond donors (Lipinski definition) is 2. The second kappa shape index (κ2) is 6.86. The fourth-order valence-corrected chi connectivity index (χ4v) is 1.53. The Bertz CT molecular complexity index is 215. The van der Waals surface area contributed by atoms with Crippen molar-refractivity contribution in [3.05, 3.63) is 0 Å². The minimum Gasteiger partial charge on any atom is -0.379 e. The van der Waals surface area contributed by atoms with E-state index >= 15 is 0 Å². The zero-order chi connectivity index (χ0) is 12.0. The van der Waals surface area contributed by atoms with Gasteiger partial charge in [0.1, 0.15) is 0 Å². The van der Waals surface area contributed by atoms with E-state index in [9.17, 15) is 4.79 Å². The molecule has 1 atom stereocenters. The van der Waals surface area contributed by atoms with E-state index < -0.39 is 0 Å². The summed E-state index contributed by atoms with van der Waals surface area (Å²) in [4.78, 5) is 11.5. The predicted octanol–water partition coefficient (Wildman–Crippen LogP) is 0.903. The molecule has 94 valence electrons. The van der Waals surface area contributed by atoms with Crippen molar-refractivity contribution in [1.29, 1.82) is 0 Å². The molecular formula is C12H24N2O2. The van der Waals surface area contributed by atoms with E-state index in [1.54, 1.807) is 0 Å². The largest absolute Gasteiger partial charge is 0.379 e. The quantitative estimate of drug-likeness (QED) is 0.607. The molecule has 0 spiro atoms. The van der Waals surface area contributed by atoms with Crippen molar-refractivity contribution in [2.75, 3.05) is 19.8 Å². The second-order valence-corrected chi connectivity index (χ2v) is 5.05. The highest BCUT2D eigenvalue weighted by Gasteiger charge is 2.21. The van der Waals surface area contributed by atoms with Gasteiger partial charge >= 0.3 is 0 Å². The van der Waals surface area contributed by atoms with Gasteiger partial charge in [-0.05, 0) is 31.1 Å². The number of rotatable bonds is 8. The summed E-state index contributed by atoms with van der Waals surface area (Å²) < 4.78 is 5.41. The van der Waals surface area contributed by atoms with E-state index in [-0.39, 0.29) is 11.9 Å². The molecule has 0 aromatic carbocycles. The van der Waals surface area contributed by atoms with Crippen LogP contribution in [-0.2, 0) is 9.53 Å². The molecule has 1 aliphatic rings. The maximum Gasteiger partial charge on any atom is 0.237 e. The number of nitrogens with two attached hydrogens (primary N) is 1. The molecule has 1 amide bonds. The summed E-state index contributed by atoms with van der Waals surface area (Å²) in [6.07, 6.45) is 3.33. The van der Waals surface area contributed by atoms with E-state index in [0.29, 0.717) is 19.1 Å². The van der Waals surface area contributed by atoms with Gasteiger partial charge in [0, 0.05) is 13.2 Å². The Morgan fingerprint density at radius 2 is 2.19 bits per heavy atom. The van der Waals surface area contributed by atoms with Crippen molar-refractivity contribution in [3.8, 4) is 0 Å². The number of nitrogens with one attached hydrogen (secondary N) is 1. The highest BCUT2D eigenvalue weighted by Crippen LogP contribution is 2.28. The standard InChI is InChI=1S/C12H24N2O2/c1-9(2)7-11(13)12(15)14-5-6-16-8-10-3-4-10/h9-11H,3-8,13H2,1-2H3,(H,14,15)/t11-/m1/s1. The molecule has 3 N–H and O–H groups in total. The van der Waals surface area contributed by atoms with E-state index in [0.717, 1.165) is 18.9 Å². The van der Waals surface area contributed by atoms with Gasteiger partial charge in [0.15, 0.2) is 0 Å². The van der Waals surface area contributed by atoms with E-state index in [2.05, 4.69) is 19.2 Å². The summed E-state index contributed by atoms with van der Waals surface area (Å²) in [6.45, 7) is 6.12. The molecule has 1 fully saturated rings. The second-order valence-electron chi connectivity index (χ2n) is 5.05. The lowest BCUT2D eigenvalue weighted by atomic mass is 10.0. The molecule has 4 nitrogen and oxygen atoms in total. The Balaban J connectivity index is 1.95. The van der Waals surface area contributed by atoms with Gasteiger partial charge in [-0.3, -0.25) is 4.79 Å². The molecule has 0 radical (unpaired) electrons. The van der Waals surface area contributed by atoms with Gasteiger partial charge < -0.3 is 15.8 Å². The first-order valence-electron chi connectivity index (χ1n) is 6.20. The summed E-state index contributed by atoms with van der Waals surface area (Å²) in [7, 11) is 0. The zero-order valence-electron chi connectivity index (χ0n) is 10.4. The fraction of sp³-hybridized carbons (Fsp3) is 0.917. The van der Waals surface area contributed by atoms with Crippen molar-refractivity contribution in [2.24, 2.45) is 17.6 Å². The lowest BCUT2D eigenvalue weighted by molar-refractivity contribution is -0.122. The average molecular weight is 228 g/mol. The lowest BCUT2D eigenvalue weighted by Gasteiger charge is -2.14. The molecule has 0 aromatic heterocycles. The summed E-state index contributed by atoms with van der Waals surface area (Å²) in [5, 5.41) is 2.79. The zero-order valence-corrected chi connectivity index (χ0v) is 10.4. The van der Waals surface area contributed by atoms with E-state index in [1.807, 2.05) is 0 Å². The molecule has 0 aliphatic heterocycles. The molecule has 0 aromatic rings. The Morgan fingerprint density at radius 3 is 2.75 bits per heavy atom. The molecule has 16 heavy (non-hydrogen) atoms. The molecule has 0 saturated heterocycles. The van der Waals surface area contributed by atoms with Gasteiger partial charge in [-0.1, -0.05) is 13.8 Å². The van der Waals surface area contributed by atoms with Crippen LogP contribution in [0.5, 0.6) is 0 Å². The summed E-state index contributed by atoms with van der Waals surface area (Å²) in [6, 6.07) is -0.386. The molecule has 0 bridgehead atoms. The Kier molecular flexibility index (Phi) is 5.77. The van der Waals surface area contributed by atoms with Crippen LogP contribution in [0.25, 0.3) is 0 Å². The number of ether oxygens (including phenoxy) is 1. The third-order valence-corrected chi connectivity index (χ3v) is 2.66. The highest BCUT2D eigenvalue weighted by atomic mass is 16.5. The van der Waals surface area contributed by atoms with Crippen LogP contribution in [-0.4, -0.2) is 31.7 Å². The first-order valence-corrected chi connectivity index (χ1v) is 6.20. The Labute approximate surface area is 97.9 Å². The third kappa shape index (κ3) is 6.08. The van der Waals surface area contributed by atoms with Crippen molar-refractivity contribution >= 4 is 5.91 Å². The predicted molar refractivity (Wildman–Crippen MR) is 64.0 cm³/mol. The Morgan fingerprint density at radius 1 is 1.50 bits per heavy atom. The van der Waals surface area contributed by atoms with Crippen LogP contribution in [0.1, 0.15) is 33.1 Å². The van der Waals surface area contributed by atoms with Crippen molar-refractivity contribution < 1.29 is 9.53 Å². The normalized spacial score (nSPS) is 17.5. The minimum absolute atomic E-state index is 0.0660. The van der Waals surface area contributed by atoms with Crippen LogP contribution >= 0.6 is 0 Å². The smallest absolute Gasteiger partial charge is 0.237 e. The monoisotopic (exact) mass is 228 g/mol. The van der Waals surface area contributed by atoms with Gasteiger partial charge in [-0.2, -0.15) is 0 Å². The van der Waals surface area contributed by atoms with Gasteiger partial charge in [-0.25, -0.2) is 0 Å². The van der Waals surface area contributed by atoms with Crippen LogP contribution in [0.15, 0.2) is 0 Å². The number of carbonyl (C=O) groups is 1. The van der Waals surface area contributed by atoms with Gasteiger partial charge in [-0.15, -0.1) is 0 Å². The van der Waals surface area contributed by atoms with E-state index in [4.69, 9.17) is 10.5 Å². The first kappa shape index (κ1) is 13.5. The number of carbonyl (C=O) groups excluding carboxylic acids is 1. The topological polar surface area (TPSA) is 64.4 Å². The Hall–Kier alpha value is -0.610. The average Bonchev–Trinajstić information content (AvgIpc) is 2.99. The summed E-state index contributed by atoms with van der Waals surface area (Å²) in [5.74, 6) is 1.16. The molecule has 0 unspecified atom stereocenters. The van der Waals surface area contributed by atoms with Crippen molar-refractivity contribution in [2.45, 2.75) is 39.2 Å². The number of amides is 1. The molecule has 0 heterocycles. The first-order chi connectivity index (χ1) is 7.59. The maximum atomic E-state index is 11.5. The summed E-state index contributed by atoms with van der Waals surface area (Å²) in [5.41, 5.74) is 5.74. The molecule has 4 heteroatoms. The van der Waals surface area contributed by atoms with Gasteiger partial charge in [0.25, 0.3) is 0 Å². The van der Waals surface area contributed by atoms with Gasteiger partial charge in [0.05, 0.1) is 12.6 Å². The molecule has 1 aliphatic carbocycles. The molecule has 1 rings (SSSR count). The highest BCUT2D eigenvalue weighted by molar-refractivity contribution is 5.81. The van der Waals surface area contributed by atoms with Crippen LogP contribution in [0.3, 0.4) is 0 Å². The van der Waals surface area contributed by atoms with E-state index in [1.165, 1.54) is 12.8 Å². The maximum absolute atomic E-state index is 11.5. The van der Waals surface area contributed by atoms with Crippen molar-refractivity contribution in [3.63, 3.8) is 0 Å². The lowest BCUT2D eigenvalue weighted by Crippen LogP contribution is -2.42. The third-order valence-electron chi connectivity index (χ3n) is 2.66. The SMILES string of the molecule is CC(C)C[C@@H](N)C(=O)NCCOCC1CC1.